The Balaban J connectivity index is 1.63. The van der Waals surface area contributed by atoms with Crippen molar-refractivity contribution in [2.24, 2.45) is 0 Å². The highest BCUT2D eigenvalue weighted by molar-refractivity contribution is 7.89. The fraction of sp³-hybridized carbons (Fsp3) is 0.227. The van der Waals surface area contributed by atoms with E-state index in [2.05, 4.69) is 20.5 Å². The van der Waals surface area contributed by atoms with Crippen LogP contribution in [0.15, 0.2) is 61.7 Å². The van der Waals surface area contributed by atoms with Crippen molar-refractivity contribution in [1.29, 1.82) is 0 Å². The molecule has 12 nitrogen and oxygen atoms in total. The molecule has 0 atom stereocenters. The molecule has 2 aromatic carbocycles. The Morgan fingerprint density at radius 3 is 2.37 bits per heavy atom. The number of rotatable bonds is 8. The Kier molecular flexibility index (Phi) is 6.62. The van der Waals surface area contributed by atoms with Crippen molar-refractivity contribution in [3.63, 3.8) is 0 Å². The third-order valence-corrected chi connectivity index (χ3v) is 6.60. The maximum absolute atomic E-state index is 12.9. The van der Waals surface area contributed by atoms with E-state index in [0.717, 1.165) is 18.9 Å². The van der Waals surface area contributed by atoms with Gasteiger partial charge in [-0.2, -0.15) is 5.10 Å². The largest absolute Gasteiger partial charge is 0.316 e. The Bertz CT molecular complexity index is 1720. The minimum atomic E-state index is -4.26. The van der Waals surface area contributed by atoms with Gasteiger partial charge in [0.05, 0.1) is 21.3 Å². The minimum absolute atomic E-state index is 0.0932. The van der Waals surface area contributed by atoms with Crippen LogP contribution in [0, 0.1) is 0 Å². The number of unbranched alkanes of at least 4 members (excludes halogenated alkanes) is 2. The van der Waals surface area contributed by atoms with Crippen LogP contribution in [-0.2, 0) is 16.6 Å². The molecule has 2 aromatic heterocycles. The lowest BCUT2D eigenvalue weighted by atomic mass is 10.1. The first kappa shape index (κ1) is 24.0. The predicted molar refractivity (Wildman–Crippen MR) is 129 cm³/mol. The molecule has 2 heterocycles. The molecule has 0 aliphatic rings. The average Bonchev–Trinajstić information content (AvgIpc) is 2.84. The molecular weight excluding hydrogens is 476 g/mol. The van der Waals surface area contributed by atoms with Gasteiger partial charge in [0.15, 0.2) is 5.69 Å². The van der Waals surface area contributed by atoms with Gasteiger partial charge in [0.2, 0.25) is 0 Å². The Hall–Kier alpha value is -4.10. The molecule has 0 bridgehead atoms. The van der Waals surface area contributed by atoms with E-state index in [0.29, 0.717) is 18.4 Å². The molecule has 4 rings (SSSR count). The fourth-order valence-corrected chi connectivity index (χ4v) is 4.42. The highest BCUT2D eigenvalue weighted by Gasteiger charge is 2.20. The number of amides is 1. The van der Waals surface area contributed by atoms with Gasteiger partial charge >= 0.3 is 11.1 Å². The van der Waals surface area contributed by atoms with E-state index in [-0.39, 0.29) is 32.6 Å². The number of carbonyl (C=O) groups excluding carboxylic acids is 1. The SMILES string of the molecule is CCCCCn1nc(C(=O)NNS(=O)(=O)c2ccc3[nH]c(=O)c(=O)[nH]c3c2)c2ccccc2c1=O. The van der Waals surface area contributed by atoms with Gasteiger partial charge in [0.25, 0.3) is 21.5 Å². The summed E-state index contributed by atoms with van der Waals surface area (Å²) in [6.45, 7) is 2.34. The van der Waals surface area contributed by atoms with Gasteiger partial charge in [0, 0.05) is 11.9 Å². The van der Waals surface area contributed by atoms with Crippen molar-refractivity contribution < 1.29 is 13.2 Å². The van der Waals surface area contributed by atoms with Crippen LogP contribution in [-0.4, -0.2) is 34.1 Å². The lowest BCUT2D eigenvalue weighted by Gasteiger charge is -2.12. The van der Waals surface area contributed by atoms with E-state index in [1.165, 1.54) is 16.8 Å². The number of sulfonamides is 1. The Labute approximate surface area is 198 Å². The zero-order valence-electron chi connectivity index (χ0n) is 18.6. The van der Waals surface area contributed by atoms with Gasteiger partial charge in [-0.15, -0.1) is 4.83 Å². The maximum atomic E-state index is 12.9. The summed E-state index contributed by atoms with van der Waals surface area (Å²) in [5.41, 5.74) is 0.212. The zero-order chi connectivity index (χ0) is 25.2. The molecule has 35 heavy (non-hydrogen) atoms. The van der Waals surface area contributed by atoms with Crippen LogP contribution >= 0.6 is 0 Å². The van der Waals surface area contributed by atoms with Crippen LogP contribution in [0.3, 0.4) is 0 Å². The van der Waals surface area contributed by atoms with Crippen LogP contribution in [0.2, 0.25) is 0 Å². The van der Waals surface area contributed by atoms with Crippen molar-refractivity contribution in [1.82, 2.24) is 30.0 Å². The van der Waals surface area contributed by atoms with E-state index >= 15 is 0 Å². The molecule has 4 N–H and O–H groups in total. The van der Waals surface area contributed by atoms with Crippen LogP contribution in [0.1, 0.15) is 36.7 Å². The molecular formula is C22H22N6O6S. The third-order valence-electron chi connectivity index (χ3n) is 5.36. The zero-order valence-corrected chi connectivity index (χ0v) is 19.4. The number of aromatic amines is 2. The van der Waals surface area contributed by atoms with E-state index in [4.69, 9.17) is 0 Å². The minimum Gasteiger partial charge on any atom is -0.316 e. The standard InChI is InChI=1S/C22H22N6O6S/c1-2-3-6-11-28-22(32)15-8-5-4-7-14(15)18(26-28)19(29)25-27-35(33,34)13-9-10-16-17(12-13)24-21(31)20(30)23-16/h4-5,7-10,12,27H,2-3,6,11H2,1H3,(H,23,30)(H,24,31)(H,25,29). The highest BCUT2D eigenvalue weighted by atomic mass is 32.2. The van der Waals surface area contributed by atoms with Gasteiger partial charge in [-0.3, -0.25) is 24.6 Å². The molecule has 0 aliphatic heterocycles. The Morgan fingerprint density at radius 1 is 0.971 bits per heavy atom. The topological polar surface area (TPSA) is 176 Å². The van der Waals surface area contributed by atoms with Gasteiger partial charge in [-0.05, 0) is 30.7 Å². The number of fused-ring (bicyclic) bond motifs is 2. The molecule has 0 spiro atoms. The van der Waals surface area contributed by atoms with Gasteiger partial charge < -0.3 is 9.97 Å². The molecule has 0 saturated carbocycles. The van der Waals surface area contributed by atoms with Crippen molar-refractivity contribution >= 4 is 37.7 Å². The molecule has 4 aromatic rings. The number of aromatic nitrogens is 4. The summed E-state index contributed by atoms with van der Waals surface area (Å²) in [6, 6.07) is 10.1. The van der Waals surface area contributed by atoms with E-state index in [9.17, 15) is 27.6 Å². The summed E-state index contributed by atoms with van der Waals surface area (Å²) in [5, 5.41) is 4.76. The van der Waals surface area contributed by atoms with Gasteiger partial charge in [-0.25, -0.2) is 13.1 Å². The first-order valence-electron chi connectivity index (χ1n) is 10.8. The van der Waals surface area contributed by atoms with E-state index in [1.54, 1.807) is 24.3 Å². The summed E-state index contributed by atoms with van der Waals surface area (Å²) in [5.74, 6) is -0.854. The number of aryl methyl sites for hydroxylation is 1. The quantitative estimate of drug-likeness (QED) is 0.157. The molecule has 0 unspecified atom stereocenters. The molecule has 0 saturated heterocycles. The first-order valence-corrected chi connectivity index (χ1v) is 12.3. The van der Waals surface area contributed by atoms with Crippen LogP contribution in [0.25, 0.3) is 21.8 Å². The summed E-state index contributed by atoms with van der Waals surface area (Å²) in [7, 11) is -4.26. The predicted octanol–water partition coefficient (Wildman–Crippen LogP) is 0.740. The number of hydrogen-bond acceptors (Lipinski definition) is 7. The van der Waals surface area contributed by atoms with Crippen LogP contribution in [0.5, 0.6) is 0 Å². The summed E-state index contributed by atoms with van der Waals surface area (Å²) in [4.78, 5) is 55.0. The average molecular weight is 499 g/mol. The number of nitrogens with one attached hydrogen (secondary N) is 4. The van der Waals surface area contributed by atoms with E-state index < -0.39 is 27.0 Å². The lowest BCUT2D eigenvalue weighted by molar-refractivity contribution is 0.0939. The molecule has 0 aliphatic carbocycles. The summed E-state index contributed by atoms with van der Waals surface area (Å²) in [6.07, 6.45) is 2.52. The number of benzene rings is 2. The number of carbonyl (C=O) groups is 1. The number of H-pyrrole nitrogens is 2. The molecule has 1 amide bonds. The second-order valence-electron chi connectivity index (χ2n) is 7.80. The summed E-state index contributed by atoms with van der Waals surface area (Å²) < 4.78 is 26.7. The molecule has 13 heteroatoms. The van der Waals surface area contributed by atoms with Crippen LogP contribution < -0.4 is 26.9 Å². The van der Waals surface area contributed by atoms with Crippen molar-refractivity contribution in [2.75, 3.05) is 0 Å². The molecule has 0 radical (unpaired) electrons. The van der Waals surface area contributed by atoms with Crippen molar-refractivity contribution in [3.05, 3.63) is 79.2 Å². The van der Waals surface area contributed by atoms with Crippen molar-refractivity contribution in [3.8, 4) is 0 Å². The fourth-order valence-electron chi connectivity index (χ4n) is 3.56. The van der Waals surface area contributed by atoms with Crippen LogP contribution in [0.4, 0.5) is 0 Å². The second kappa shape index (κ2) is 9.64. The molecule has 0 fully saturated rings. The number of nitrogens with zero attached hydrogens (tertiary/aromatic N) is 2. The third kappa shape index (κ3) is 4.90. The molecule has 182 valence electrons. The smallest absolute Gasteiger partial charge is 0.314 e. The highest BCUT2D eigenvalue weighted by Crippen LogP contribution is 2.15. The lowest BCUT2D eigenvalue weighted by Crippen LogP contribution is -2.42. The number of hydrazine groups is 1. The van der Waals surface area contributed by atoms with E-state index in [1.807, 2.05) is 11.8 Å². The van der Waals surface area contributed by atoms with Crippen molar-refractivity contribution in [2.45, 2.75) is 37.6 Å². The second-order valence-corrected chi connectivity index (χ2v) is 9.49. The first-order chi connectivity index (χ1) is 16.7. The van der Waals surface area contributed by atoms with Gasteiger partial charge in [0.1, 0.15) is 0 Å². The monoisotopic (exact) mass is 498 g/mol. The summed E-state index contributed by atoms with van der Waals surface area (Å²) >= 11 is 0. The maximum Gasteiger partial charge on any atom is 0.314 e. The normalized spacial score (nSPS) is 11.7. The Morgan fingerprint density at radius 2 is 1.66 bits per heavy atom. The van der Waals surface area contributed by atoms with Gasteiger partial charge in [-0.1, -0.05) is 38.0 Å². The number of hydrogen-bond donors (Lipinski definition) is 4.